The summed E-state index contributed by atoms with van der Waals surface area (Å²) >= 11 is 0. The molecule has 0 radical (unpaired) electrons. The predicted molar refractivity (Wildman–Crippen MR) is 88.6 cm³/mol. The highest BCUT2D eigenvalue weighted by atomic mass is 32.2. The number of rotatable bonds is 4. The third kappa shape index (κ3) is 3.71. The average molecular weight is 325 g/mol. The number of hydrogen-bond acceptors (Lipinski definition) is 4. The molecular weight excluding hydrogens is 301 g/mol. The van der Waals surface area contributed by atoms with E-state index in [1.165, 1.54) is 0 Å². The molecule has 1 saturated heterocycles. The molecule has 0 aromatic heterocycles. The van der Waals surface area contributed by atoms with E-state index in [0.717, 1.165) is 17.3 Å². The molecule has 122 valence electrons. The molecule has 1 aliphatic heterocycles. The summed E-state index contributed by atoms with van der Waals surface area (Å²) in [5.74, 6) is 0. The Labute approximate surface area is 133 Å². The first-order valence-corrected chi connectivity index (χ1v) is 9.23. The van der Waals surface area contributed by atoms with E-state index in [4.69, 9.17) is 9.31 Å². The second-order valence-corrected chi connectivity index (χ2v) is 8.65. The van der Waals surface area contributed by atoms with Crippen LogP contribution in [0.5, 0.6) is 0 Å². The maximum absolute atomic E-state index is 11.3. The van der Waals surface area contributed by atoms with Crippen LogP contribution in [0.15, 0.2) is 24.3 Å². The van der Waals surface area contributed by atoms with Crippen molar-refractivity contribution >= 4 is 22.6 Å². The highest BCUT2D eigenvalue weighted by Gasteiger charge is 2.51. The molecule has 0 bridgehead atoms. The van der Waals surface area contributed by atoms with Crippen molar-refractivity contribution in [3.05, 3.63) is 29.8 Å². The summed E-state index contributed by atoms with van der Waals surface area (Å²) in [6.07, 6.45) is 1.16. The van der Waals surface area contributed by atoms with Gasteiger partial charge in [0.05, 0.1) is 17.5 Å². The van der Waals surface area contributed by atoms with Crippen LogP contribution < -0.4 is 10.2 Å². The lowest BCUT2D eigenvalue weighted by molar-refractivity contribution is 0.00578. The SMILES string of the molecule is C[C@H](NS(C)(=O)=O)c1ccc(B2OC(C)(C)C(C)(C)O2)cc1. The van der Waals surface area contributed by atoms with E-state index in [-0.39, 0.29) is 17.2 Å². The maximum atomic E-state index is 11.3. The summed E-state index contributed by atoms with van der Waals surface area (Å²) in [5, 5.41) is 0. The van der Waals surface area contributed by atoms with E-state index in [2.05, 4.69) is 4.72 Å². The maximum Gasteiger partial charge on any atom is 0.494 e. The van der Waals surface area contributed by atoms with Crippen molar-refractivity contribution in [1.29, 1.82) is 0 Å². The van der Waals surface area contributed by atoms with Crippen molar-refractivity contribution < 1.29 is 17.7 Å². The van der Waals surface area contributed by atoms with E-state index in [9.17, 15) is 8.42 Å². The zero-order chi connectivity index (χ0) is 16.8. The third-order valence-electron chi connectivity index (χ3n) is 4.35. The van der Waals surface area contributed by atoms with Gasteiger partial charge in [-0.2, -0.15) is 0 Å². The normalized spacial score (nSPS) is 21.8. The van der Waals surface area contributed by atoms with Crippen molar-refractivity contribution in [3.63, 3.8) is 0 Å². The molecule has 1 fully saturated rings. The Hall–Kier alpha value is -0.885. The van der Waals surface area contributed by atoms with Gasteiger partial charge in [0.2, 0.25) is 10.0 Å². The summed E-state index contributed by atoms with van der Waals surface area (Å²) in [6, 6.07) is 7.34. The van der Waals surface area contributed by atoms with Gasteiger partial charge in [-0.15, -0.1) is 0 Å². The first kappa shape index (κ1) is 17.5. The molecule has 1 heterocycles. The van der Waals surface area contributed by atoms with Gasteiger partial charge in [-0.1, -0.05) is 24.3 Å². The Kier molecular flexibility index (Phi) is 4.47. The standard InChI is InChI=1S/C15H24BNO4S/c1-11(17-22(6,18)19)12-7-9-13(10-8-12)16-20-14(2,3)15(4,5)21-16/h7-11,17H,1-6H3/t11-/m0/s1. The molecule has 22 heavy (non-hydrogen) atoms. The summed E-state index contributed by atoms with van der Waals surface area (Å²) in [4.78, 5) is 0. The molecule has 0 saturated carbocycles. The Morgan fingerprint density at radius 3 is 1.91 bits per heavy atom. The van der Waals surface area contributed by atoms with Crippen molar-refractivity contribution in [1.82, 2.24) is 4.72 Å². The fourth-order valence-corrected chi connectivity index (χ4v) is 3.09. The zero-order valence-electron chi connectivity index (χ0n) is 14.0. The van der Waals surface area contributed by atoms with Crippen LogP contribution in [0.4, 0.5) is 0 Å². The largest absolute Gasteiger partial charge is 0.494 e. The van der Waals surface area contributed by atoms with E-state index in [1.807, 2.05) is 58.9 Å². The fourth-order valence-electron chi connectivity index (χ4n) is 2.31. The van der Waals surface area contributed by atoms with Crippen molar-refractivity contribution in [3.8, 4) is 0 Å². The highest BCUT2D eigenvalue weighted by molar-refractivity contribution is 7.88. The molecule has 5 nitrogen and oxygen atoms in total. The van der Waals surface area contributed by atoms with Gasteiger partial charge >= 0.3 is 7.12 Å². The van der Waals surface area contributed by atoms with E-state index in [1.54, 1.807) is 0 Å². The van der Waals surface area contributed by atoms with Crippen molar-refractivity contribution in [2.45, 2.75) is 51.9 Å². The van der Waals surface area contributed by atoms with E-state index in [0.29, 0.717) is 0 Å². The molecule has 0 aliphatic carbocycles. The van der Waals surface area contributed by atoms with Gasteiger partial charge in [-0.05, 0) is 45.6 Å². The highest BCUT2D eigenvalue weighted by Crippen LogP contribution is 2.36. The van der Waals surface area contributed by atoms with Crippen molar-refractivity contribution in [2.24, 2.45) is 0 Å². The quantitative estimate of drug-likeness (QED) is 0.854. The minimum atomic E-state index is -3.23. The van der Waals surface area contributed by atoms with Crippen LogP contribution in [-0.2, 0) is 19.3 Å². The molecule has 0 spiro atoms. The van der Waals surface area contributed by atoms with Crippen LogP contribution in [0.1, 0.15) is 46.2 Å². The number of nitrogens with one attached hydrogen (secondary N) is 1. The lowest BCUT2D eigenvalue weighted by Gasteiger charge is -2.32. The lowest BCUT2D eigenvalue weighted by atomic mass is 9.78. The third-order valence-corrected chi connectivity index (χ3v) is 5.13. The first-order chi connectivity index (χ1) is 9.91. The van der Waals surface area contributed by atoms with E-state index < -0.39 is 17.1 Å². The molecule has 2 rings (SSSR count). The van der Waals surface area contributed by atoms with Gasteiger partial charge < -0.3 is 9.31 Å². The van der Waals surface area contributed by atoms with Gasteiger partial charge in [-0.25, -0.2) is 13.1 Å². The Morgan fingerprint density at radius 2 is 1.50 bits per heavy atom. The van der Waals surface area contributed by atoms with Gasteiger partial charge in [-0.3, -0.25) is 0 Å². The number of hydrogen-bond donors (Lipinski definition) is 1. The smallest absolute Gasteiger partial charge is 0.399 e. The molecule has 1 aromatic carbocycles. The van der Waals surface area contributed by atoms with Crippen LogP contribution in [-0.4, -0.2) is 33.0 Å². The molecule has 1 atom stereocenters. The van der Waals surface area contributed by atoms with Crippen LogP contribution in [0.3, 0.4) is 0 Å². The van der Waals surface area contributed by atoms with Gasteiger partial charge in [0.15, 0.2) is 0 Å². The summed E-state index contributed by atoms with van der Waals surface area (Å²) < 4.78 is 37.1. The van der Waals surface area contributed by atoms with Gasteiger partial charge in [0, 0.05) is 6.04 Å². The zero-order valence-corrected chi connectivity index (χ0v) is 14.8. The summed E-state index contributed by atoms with van der Waals surface area (Å²) in [6.45, 7) is 9.86. The Bertz CT molecular complexity index is 624. The molecule has 0 unspecified atom stereocenters. The van der Waals surface area contributed by atoms with Crippen LogP contribution in [0.2, 0.25) is 0 Å². The second-order valence-electron chi connectivity index (χ2n) is 6.87. The van der Waals surface area contributed by atoms with Crippen LogP contribution in [0.25, 0.3) is 0 Å². The minimum Gasteiger partial charge on any atom is -0.399 e. The molecule has 1 aromatic rings. The van der Waals surface area contributed by atoms with Crippen molar-refractivity contribution in [2.75, 3.05) is 6.26 Å². The Balaban J connectivity index is 2.14. The lowest BCUT2D eigenvalue weighted by Crippen LogP contribution is -2.41. The number of benzene rings is 1. The molecule has 0 amide bonds. The summed E-state index contributed by atoms with van der Waals surface area (Å²) in [5.41, 5.74) is 1.07. The predicted octanol–water partition coefficient (Wildman–Crippen LogP) is 1.60. The topological polar surface area (TPSA) is 64.6 Å². The molecule has 1 aliphatic rings. The van der Waals surface area contributed by atoms with Gasteiger partial charge in [0.1, 0.15) is 0 Å². The van der Waals surface area contributed by atoms with Crippen LogP contribution in [0, 0.1) is 0 Å². The monoisotopic (exact) mass is 325 g/mol. The molecule has 7 heteroatoms. The fraction of sp³-hybridized carbons (Fsp3) is 0.600. The molecular formula is C15H24BNO4S. The minimum absolute atomic E-state index is 0.276. The van der Waals surface area contributed by atoms with Gasteiger partial charge in [0.25, 0.3) is 0 Å². The number of sulfonamides is 1. The first-order valence-electron chi connectivity index (χ1n) is 7.34. The Morgan fingerprint density at radius 1 is 1.05 bits per heavy atom. The second kappa shape index (κ2) is 5.63. The van der Waals surface area contributed by atoms with Crippen LogP contribution >= 0.6 is 0 Å². The average Bonchev–Trinajstić information content (AvgIpc) is 2.56. The molecule has 1 N–H and O–H groups in total. The summed E-state index contributed by atoms with van der Waals surface area (Å²) in [7, 11) is -3.63. The van der Waals surface area contributed by atoms with E-state index >= 15 is 0 Å².